The summed E-state index contributed by atoms with van der Waals surface area (Å²) in [4.78, 5) is 35.6. The van der Waals surface area contributed by atoms with E-state index >= 15 is 0 Å². The van der Waals surface area contributed by atoms with Gasteiger partial charge in [-0.1, -0.05) is 25.4 Å². The first-order valence-electron chi connectivity index (χ1n) is 12.9. The van der Waals surface area contributed by atoms with Crippen molar-refractivity contribution in [2.75, 3.05) is 11.9 Å². The molecule has 2 aromatic carbocycles. The van der Waals surface area contributed by atoms with Crippen molar-refractivity contribution < 1.29 is 9.13 Å². The average molecular weight is 589 g/mol. The third-order valence-electron chi connectivity index (χ3n) is 6.31. The first-order chi connectivity index (χ1) is 20.0. The molecule has 1 N–H and O–H groups in total. The van der Waals surface area contributed by atoms with E-state index in [2.05, 4.69) is 20.4 Å². The second-order valence-electron chi connectivity index (χ2n) is 10.2. The van der Waals surface area contributed by atoms with E-state index in [0.29, 0.717) is 16.8 Å². The summed E-state index contributed by atoms with van der Waals surface area (Å²) in [6.07, 6.45) is 4.76. The Balaban J connectivity index is 1.70. The van der Waals surface area contributed by atoms with E-state index in [1.165, 1.54) is 16.8 Å². The highest BCUT2D eigenvalue weighted by Crippen LogP contribution is 2.30. The number of halogens is 2. The van der Waals surface area contributed by atoms with E-state index in [1.54, 1.807) is 49.2 Å². The Hall–Kier alpha value is -5.02. The molecule has 0 bridgehead atoms. The minimum atomic E-state index is -0.849. The van der Waals surface area contributed by atoms with Crippen LogP contribution in [-0.2, 0) is 13.6 Å². The Morgan fingerprint density at radius 1 is 1.17 bits per heavy atom. The Kier molecular flexibility index (Phi) is 7.78. The number of aromatic nitrogens is 6. The minimum Gasteiger partial charge on any atom is -0.493 e. The van der Waals surface area contributed by atoms with Crippen LogP contribution in [0.5, 0.6) is 5.75 Å². The number of hydrogen-bond donors (Lipinski definition) is 1. The first kappa shape index (κ1) is 28.5. The molecule has 0 unspecified atom stereocenters. The largest absolute Gasteiger partial charge is 0.493 e. The summed E-state index contributed by atoms with van der Waals surface area (Å²) in [6, 6.07) is 9.27. The van der Waals surface area contributed by atoms with Gasteiger partial charge in [0.15, 0.2) is 0 Å². The van der Waals surface area contributed by atoms with Crippen LogP contribution in [0.4, 0.5) is 16.0 Å². The van der Waals surface area contributed by atoms with Crippen molar-refractivity contribution in [3.05, 3.63) is 97.4 Å². The van der Waals surface area contributed by atoms with Gasteiger partial charge in [-0.3, -0.25) is 14.2 Å². The van der Waals surface area contributed by atoms with Gasteiger partial charge in [-0.2, -0.15) is 15.3 Å². The molecule has 0 saturated heterocycles. The van der Waals surface area contributed by atoms with Crippen molar-refractivity contribution in [2.45, 2.75) is 27.3 Å². The predicted octanol–water partition coefficient (Wildman–Crippen LogP) is 4.48. The minimum absolute atomic E-state index is 0.121. The normalized spacial score (nSPS) is 11.2. The van der Waals surface area contributed by atoms with E-state index in [4.69, 9.17) is 16.3 Å². The molecule has 214 valence electrons. The van der Waals surface area contributed by atoms with Crippen LogP contribution in [0.1, 0.15) is 30.5 Å². The summed E-state index contributed by atoms with van der Waals surface area (Å²) in [5.41, 5.74) is 0.495. The van der Waals surface area contributed by atoms with Gasteiger partial charge >= 0.3 is 11.4 Å². The molecule has 3 aromatic heterocycles. The van der Waals surface area contributed by atoms with Crippen molar-refractivity contribution in [3.63, 3.8) is 0 Å². The number of nitrogens with zero attached hydrogens (tertiary/aromatic N) is 7. The van der Waals surface area contributed by atoms with Gasteiger partial charge in [0.2, 0.25) is 5.95 Å². The molecule has 0 fully saturated rings. The maximum absolute atomic E-state index is 14.6. The molecule has 0 aliphatic heterocycles. The maximum Gasteiger partial charge on any atom is 0.359 e. The fourth-order valence-corrected chi connectivity index (χ4v) is 4.58. The van der Waals surface area contributed by atoms with Crippen molar-refractivity contribution in [1.29, 1.82) is 5.26 Å². The highest BCUT2D eigenvalue weighted by molar-refractivity contribution is 6.34. The van der Waals surface area contributed by atoms with Crippen LogP contribution in [0, 0.1) is 30.0 Å². The molecule has 3 heterocycles. The second kappa shape index (κ2) is 11.5. The number of fused-ring (bicyclic) bond motifs is 1. The molecule has 5 aromatic rings. The molecule has 0 amide bonds. The van der Waals surface area contributed by atoms with Crippen LogP contribution in [0.25, 0.3) is 16.6 Å². The number of aryl methyl sites for hydroxylation is 2. The number of rotatable bonds is 8. The standard InChI is InChI=1S/C29H26ClFN8O3/c1-16(2)15-42-26-9-23(31)18(10-32)6-20(26)14-38-27(34-25-7-19-13-37(4)36-24(19)8-22(25)30)35-28(40)39(29(38)41)21-5-17(3)11-33-12-21/h5-9,11-13,16H,14-15H2,1-4H3,(H,34,35,40). The van der Waals surface area contributed by atoms with Gasteiger partial charge in [0.05, 0.1) is 46.8 Å². The molecule has 0 spiro atoms. The Morgan fingerprint density at radius 3 is 2.67 bits per heavy atom. The third-order valence-corrected chi connectivity index (χ3v) is 6.63. The van der Waals surface area contributed by atoms with Gasteiger partial charge < -0.3 is 10.1 Å². The molecule has 0 aliphatic carbocycles. The summed E-state index contributed by atoms with van der Waals surface area (Å²) >= 11 is 6.54. The Bertz CT molecular complexity index is 1990. The lowest BCUT2D eigenvalue weighted by Gasteiger charge is -2.19. The zero-order valence-corrected chi connectivity index (χ0v) is 24.0. The summed E-state index contributed by atoms with van der Waals surface area (Å²) in [5, 5.41) is 17.9. The highest BCUT2D eigenvalue weighted by Gasteiger charge is 2.20. The Morgan fingerprint density at radius 2 is 1.95 bits per heavy atom. The number of benzene rings is 2. The van der Waals surface area contributed by atoms with Gasteiger partial charge in [-0.15, -0.1) is 0 Å². The van der Waals surface area contributed by atoms with Crippen molar-refractivity contribution in [3.8, 4) is 17.5 Å². The van der Waals surface area contributed by atoms with Gasteiger partial charge in [0.25, 0.3) is 0 Å². The van der Waals surface area contributed by atoms with E-state index in [-0.39, 0.29) is 47.0 Å². The molecule has 0 aliphatic rings. The topological polar surface area (TPSA) is 133 Å². The lowest BCUT2D eigenvalue weighted by molar-refractivity contribution is 0.267. The summed E-state index contributed by atoms with van der Waals surface area (Å²) in [6.45, 7) is 5.70. The van der Waals surface area contributed by atoms with E-state index < -0.39 is 17.2 Å². The number of hydrogen-bond acceptors (Lipinski definition) is 8. The number of anilines is 2. The third kappa shape index (κ3) is 5.73. The Labute approximate surface area is 244 Å². The molecular weight excluding hydrogens is 563 g/mol. The number of nitriles is 1. The van der Waals surface area contributed by atoms with Crippen LogP contribution >= 0.6 is 11.6 Å². The maximum atomic E-state index is 14.6. The predicted molar refractivity (Wildman–Crippen MR) is 156 cm³/mol. The van der Waals surface area contributed by atoms with E-state index in [9.17, 15) is 19.2 Å². The fraction of sp³-hybridized carbons (Fsp3) is 0.241. The van der Waals surface area contributed by atoms with Crippen LogP contribution in [-0.4, -0.2) is 35.5 Å². The van der Waals surface area contributed by atoms with Crippen molar-refractivity contribution in [1.82, 2.24) is 28.9 Å². The molecule has 11 nitrogen and oxygen atoms in total. The zero-order chi connectivity index (χ0) is 30.1. The molecule has 13 heteroatoms. The smallest absolute Gasteiger partial charge is 0.359 e. The summed E-state index contributed by atoms with van der Waals surface area (Å²) in [7, 11) is 1.77. The molecule has 5 rings (SSSR count). The SMILES string of the molecule is Cc1cncc(-n2c(=O)nc(Nc3cc4cn(C)nc4cc3Cl)n(Cc3cc(C#N)c(F)cc3OCC(C)C)c2=O)c1. The lowest BCUT2D eigenvalue weighted by atomic mass is 10.1. The van der Waals surface area contributed by atoms with Gasteiger partial charge in [-0.05, 0) is 42.7 Å². The van der Waals surface area contributed by atoms with Gasteiger partial charge in [-0.25, -0.2) is 18.5 Å². The molecule has 0 saturated carbocycles. The summed E-state index contributed by atoms with van der Waals surface area (Å²) < 4.78 is 24.2. The lowest BCUT2D eigenvalue weighted by Crippen LogP contribution is -2.42. The number of ether oxygens (including phenoxy) is 1. The summed E-state index contributed by atoms with van der Waals surface area (Å²) in [5.74, 6) is -0.595. The average Bonchev–Trinajstić information content (AvgIpc) is 3.29. The second-order valence-corrected chi connectivity index (χ2v) is 10.6. The van der Waals surface area contributed by atoms with E-state index in [1.807, 2.05) is 19.9 Å². The van der Waals surface area contributed by atoms with Crippen LogP contribution in [0.15, 0.2) is 58.5 Å². The first-order valence-corrected chi connectivity index (χ1v) is 13.3. The quantitative estimate of drug-likeness (QED) is 0.281. The van der Waals surface area contributed by atoms with Crippen molar-refractivity contribution >= 4 is 34.1 Å². The molecule has 0 atom stereocenters. The van der Waals surface area contributed by atoms with Crippen LogP contribution < -0.4 is 21.4 Å². The van der Waals surface area contributed by atoms with Crippen molar-refractivity contribution in [2.24, 2.45) is 13.0 Å². The van der Waals surface area contributed by atoms with Crippen LogP contribution in [0.2, 0.25) is 5.02 Å². The van der Waals surface area contributed by atoms with Gasteiger partial charge in [0, 0.05) is 36.5 Å². The monoisotopic (exact) mass is 588 g/mol. The zero-order valence-electron chi connectivity index (χ0n) is 23.2. The fourth-order valence-electron chi connectivity index (χ4n) is 4.37. The number of pyridine rings is 1. The van der Waals surface area contributed by atoms with E-state index in [0.717, 1.165) is 21.6 Å². The van der Waals surface area contributed by atoms with Gasteiger partial charge in [0.1, 0.15) is 17.6 Å². The molecular formula is C29H26ClFN8O3. The highest BCUT2D eigenvalue weighted by atomic mass is 35.5. The molecule has 0 radical (unpaired) electrons. The number of nitrogens with one attached hydrogen (secondary N) is 1. The molecule has 42 heavy (non-hydrogen) atoms. The van der Waals surface area contributed by atoms with Crippen LogP contribution in [0.3, 0.4) is 0 Å².